The molecule has 0 aromatic rings. The third-order valence-corrected chi connectivity index (χ3v) is 3.95. The summed E-state index contributed by atoms with van der Waals surface area (Å²) < 4.78 is 11.2. The highest BCUT2D eigenvalue weighted by Gasteiger charge is 2.24. The number of carbonyl (C=O) groups excluding carboxylic acids is 1. The van der Waals surface area contributed by atoms with Crippen LogP contribution in [0.15, 0.2) is 12.7 Å². The van der Waals surface area contributed by atoms with Crippen molar-refractivity contribution in [3.05, 3.63) is 12.7 Å². The van der Waals surface area contributed by atoms with Crippen LogP contribution < -0.4 is 0 Å². The molecule has 2 aliphatic heterocycles. The van der Waals surface area contributed by atoms with Gasteiger partial charge in [-0.05, 0) is 32.1 Å². The molecule has 4 nitrogen and oxygen atoms in total. The van der Waals surface area contributed by atoms with Gasteiger partial charge in [-0.15, -0.1) is 6.58 Å². The summed E-state index contributed by atoms with van der Waals surface area (Å²) in [5.41, 5.74) is 0. The lowest BCUT2D eigenvalue weighted by atomic mass is 10.1. The van der Waals surface area contributed by atoms with E-state index in [1.165, 1.54) is 0 Å². The Hall–Kier alpha value is -0.870. The van der Waals surface area contributed by atoms with E-state index >= 15 is 0 Å². The predicted octanol–water partition coefficient (Wildman–Crippen LogP) is 2.14. The van der Waals surface area contributed by atoms with Gasteiger partial charge in [-0.3, -0.25) is 4.79 Å². The molecule has 0 aliphatic carbocycles. The van der Waals surface area contributed by atoms with Gasteiger partial charge in [0.15, 0.2) is 0 Å². The highest BCUT2D eigenvalue weighted by Crippen LogP contribution is 2.19. The molecule has 0 bridgehead atoms. The van der Waals surface area contributed by atoms with Crippen LogP contribution in [-0.4, -0.2) is 49.3 Å². The minimum atomic E-state index is 0.276. The molecule has 2 aliphatic rings. The molecular formula is C15H25NO3. The summed E-state index contributed by atoms with van der Waals surface area (Å²) in [4.78, 5) is 14.1. The van der Waals surface area contributed by atoms with Crippen molar-refractivity contribution >= 4 is 5.91 Å². The summed E-state index contributed by atoms with van der Waals surface area (Å²) in [5, 5.41) is 0. The maximum Gasteiger partial charge on any atom is 0.222 e. The number of ether oxygens (including phenoxy) is 2. The number of hydrogen-bond donors (Lipinski definition) is 0. The van der Waals surface area contributed by atoms with Gasteiger partial charge in [0, 0.05) is 26.1 Å². The fourth-order valence-electron chi connectivity index (χ4n) is 2.79. The van der Waals surface area contributed by atoms with Crippen LogP contribution in [0.3, 0.4) is 0 Å². The summed E-state index contributed by atoms with van der Waals surface area (Å²) in [6, 6.07) is 0. The average molecular weight is 267 g/mol. The molecule has 1 unspecified atom stereocenters. The molecule has 0 radical (unpaired) electrons. The first-order valence-electron chi connectivity index (χ1n) is 7.41. The molecule has 1 atom stereocenters. The topological polar surface area (TPSA) is 38.8 Å². The van der Waals surface area contributed by atoms with E-state index in [9.17, 15) is 4.79 Å². The summed E-state index contributed by atoms with van der Waals surface area (Å²) in [6.07, 6.45) is 8.04. The number of rotatable bonds is 6. The number of amides is 1. The molecule has 2 heterocycles. The maximum atomic E-state index is 12.1. The van der Waals surface area contributed by atoms with E-state index in [1.807, 2.05) is 4.90 Å². The highest BCUT2D eigenvalue weighted by molar-refractivity contribution is 5.76. The van der Waals surface area contributed by atoms with Crippen LogP contribution >= 0.6 is 0 Å². The quantitative estimate of drug-likeness (QED) is 0.692. The third kappa shape index (κ3) is 4.62. The maximum absolute atomic E-state index is 12.1. The third-order valence-electron chi connectivity index (χ3n) is 3.95. The molecule has 0 aromatic carbocycles. The second-order valence-electron chi connectivity index (χ2n) is 5.38. The second kappa shape index (κ2) is 7.65. The van der Waals surface area contributed by atoms with E-state index in [1.54, 1.807) is 6.08 Å². The molecule has 4 heteroatoms. The minimum Gasteiger partial charge on any atom is -0.378 e. The zero-order valence-corrected chi connectivity index (χ0v) is 11.7. The van der Waals surface area contributed by atoms with Crippen molar-refractivity contribution in [3.8, 4) is 0 Å². The van der Waals surface area contributed by atoms with Crippen molar-refractivity contribution in [3.63, 3.8) is 0 Å². The molecule has 1 amide bonds. The Labute approximate surface area is 115 Å². The highest BCUT2D eigenvalue weighted by atomic mass is 16.5. The van der Waals surface area contributed by atoms with E-state index in [4.69, 9.17) is 9.47 Å². The van der Waals surface area contributed by atoms with Gasteiger partial charge in [-0.2, -0.15) is 0 Å². The molecule has 2 rings (SSSR count). The fourth-order valence-corrected chi connectivity index (χ4v) is 2.79. The molecule has 0 N–H and O–H groups in total. The van der Waals surface area contributed by atoms with Gasteiger partial charge in [-0.25, -0.2) is 0 Å². The van der Waals surface area contributed by atoms with Gasteiger partial charge in [0.2, 0.25) is 5.91 Å². The van der Waals surface area contributed by atoms with E-state index in [0.29, 0.717) is 25.2 Å². The van der Waals surface area contributed by atoms with Crippen LogP contribution in [0.25, 0.3) is 0 Å². The number of carbonyl (C=O) groups is 1. The zero-order chi connectivity index (χ0) is 13.5. The van der Waals surface area contributed by atoms with Crippen LogP contribution in [-0.2, 0) is 14.3 Å². The van der Waals surface area contributed by atoms with E-state index in [0.717, 1.165) is 51.8 Å². The second-order valence-corrected chi connectivity index (χ2v) is 5.38. The first-order chi connectivity index (χ1) is 9.29. The molecule has 19 heavy (non-hydrogen) atoms. The Bertz CT molecular complexity index is 292. The molecular weight excluding hydrogens is 242 g/mol. The van der Waals surface area contributed by atoms with Crippen molar-refractivity contribution in [1.29, 1.82) is 0 Å². The summed E-state index contributed by atoms with van der Waals surface area (Å²) in [5.74, 6) is 0.276. The van der Waals surface area contributed by atoms with Gasteiger partial charge >= 0.3 is 0 Å². The lowest BCUT2D eigenvalue weighted by Gasteiger charge is -2.32. The largest absolute Gasteiger partial charge is 0.378 e. The summed E-state index contributed by atoms with van der Waals surface area (Å²) in [7, 11) is 0. The standard InChI is InChI=1S/C15H25NO3/c1-2-11-18-14-7-9-16(10-8-14)15(17)6-5-13-4-3-12-19-13/h2,13-14H,1,3-12H2. The van der Waals surface area contributed by atoms with Crippen LogP contribution in [0.4, 0.5) is 0 Å². The Morgan fingerprint density at radius 1 is 1.37 bits per heavy atom. The van der Waals surface area contributed by atoms with E-state index < -0.39 is 0 Å². The van der Waals surface area contributed by atoms with Crippen molar-refractivity contribution in [1.82, 2.24) is 4.90 Å². The molecule has 0 spiro atoms. The molecule has 0 aromatic heterocycles. The Kier molecular flexibility index (Phi) is 5.86. The molecule has 2 saturated heterocycles. The van der Waals surface area contributed by atoms with Gasteiger partial charge < -0.3 is 14.4 Å². The van der Waals surface area contributed by atoms with E-state index in [-0.39, 0.29) is 5.91 Å². The lowest BCUT2D eigenvalue weighted by molar-refractivity contribution is -0.134. The first-order valence-corrected chi connectivity index (χ1v) is 7.41. The van der Waals surface area contributed by atoms with Crippen LogP contribution in [0, 0.1) is 0 Å². The smallest absolute Gasteiger partial charge is 0.222 e. The van der Waals surface area contributed by atoms with Crippen molar-refractivity contribution in [2.45, 2.75) is 50.7 Å². The minimum absolute atomic E-state index is 0.276. The molecule has 108 valence electrons. The normalized spacial score (nSPS) is 24.6. The number of piperidine rings is 1. The lowest BCUT2D eigenvalue weighted by Crippen LogP contribution is -2.41. The fraction of sp³-hybridized carbons (Fsp3) is 0.800. The number of likely N-dealkylation sites (tertiary alicyclic amines) is 1. The number of hydrogen-bond acceptors (Lipinski definition) is 3. The molecule has 2 fully saturated rings. The molecule has 0 saturated carbocycles. The van der Waals surface area contributed by atoms with Gasteiger partial charge in [0.1, 0.15) is 0 Å². The van der Waals surface area contributed by atoms with Crippen LogP contribution in [0.2, 0.25) is 0 Å². The van der Waals surface area contributed by atoms with Gasteiger partial charge in [0.05, 0.1) is 18.8 Å². The number of nitrogens with zero attached hydrogens (tertiary/aromatic N) is 1. The van der Waals surface area contributed by atoms with Crippen LogP contribution in [0.5, 0.6) is 0 Å². The predicted molar refractivity (Wildman–Crippen MR) is 74.0 cm³/mol. The van der Waals surface area contributed by atoms with Gasteiger partial charge in [0.25, 0.3) is 0 Å². The average Bonchev–Trinajstić information content (AvgIpc) is 2.96. The zero-order valence-electron chi connectivity index (χ0n) is 11.7. The van der Waals surface area contributed by atoms with Crippen molar-refractivity contribution in [2.75, 3.05) is 26.3 Å². The van der Waals surface area contributed by atoms with E-state index in [2.05, 4.69) is 6.58 Å². The summed E-state index contributed by atoms with van der Waals surface area (Å²) >= 11 is 0. The van der Waals surface area contributed by atoms with Crippen LogP contribution in [0.1, 0.15) is 38.5 Å². The first kappa shape index (κ1) is 14.5. The Morgan fingerprint density at radius 3 is 2.79 bits per heavy atom. The Morgan fingerprint density at radius 2 is 2.16 bits per heavy atom. The van der Waals surface area contributed by atoms with Crippen molar-refractivity contribution < 1.29 is 14.3 Å². The SMILES string of the molecule is C=CCOC1CCN(C(=O)CCC2CCCO2)CC1. The van der Waals surface area contributed by atoms with Crippen molar-refractivity contribution in [2.24, 2.45) is 0 Å². The Balaban J connectivity index is 1.62. The monoisotopic (exact) mass is 267 g/mol. The summed E-state index contributed by atoms with van der Waals surface area (Å²) in [6.45, 7) is 6.77. The van der Waals surface area contributed by atoms with Gasteiger partial charge in [-0.1, -0.05) is 6.08 Å².